The van der Waals surface area contributed by atoms with E-state index < -0.39 is 0 Å². The highest BCUT2D eigenvalue weighted by Crippen LogP contribution is 2.29. The summed E-state index contributed by atoms with van der Waals surface area (Å²) in [6.07, 6.45) is 1.52. The highest BCUT2D eigenvalue weighted by Gasteiger charge is 2.07. The van der Waals surface area contributed by atoms with Crippen LogP contribution in [0.2, 0.25) is 5.02 Å². The van der Waals surface area contributed by atoms with Crippen molar-refractivity contribution in [1.29, 1.82) is 0 Å². The fraction of sp³-hybridized carbons (Fsp3) is 0.267. The van der Waals surface area contributed by atoms with Gasteiger partial charge in [-0.3, -0.25) is 0 Å². The van der Waals surface area contributed by atoms with Gasteiger partial charge in [-0.2, -0.15) is 0 Å². The zero-order chi connectivity index (χ0) is 14.5. The molecule has 0 bridgehead atoms. The maximum absolute atomic E-state index is 5.84. The van der Waals surface area contributed by atoms with Gasteiger partial charge in [0.1, 0.15) is 5.75 Å². The SMILES string of the molecule is CCN(CC)c1cccc(Oc2ncc(Cl)cc2N)c1. The van der Waals surface area contributed by atoms with E-state index in [4.69, 9.17) is 22.1 Å². The first-order chi connectivity index (χ1) is 9.63. The molecule has 0 fully saturated rings. The van der Waals surface area contributed by atoms with Crippen LogP contribution in [0, 0.1) is 0 Å². The van der Waals surface area contributed by atoms with E-state index in [0.29, 0.717) is 22.3 Å². The molecule has 4 nitrogen and oxygen atoms in total. The Kier molecular flexibility index (Phi) is 4.69. The Hall–Kier alpha value is -1.94. The van der Waals surface area contributed by atoms with Crippen molar-refractivity contribution >= 4 is 23.0 Å². The molecule has 2 aromatic rings. The summed E-state index contributed by atoms with van der Waals surface area (Å²) in [4.78, 5) is 6.34. The quantitative estimate of drug-likeness (QED) is 0.906. The van der Waals surface area contributed by atoms with E-state index in [1.807, 2.05) is 18.2 Å². The van der Waals surface area contributed by atoms with Crippen LogP contribution in [-0.4, -0.2) is 18.1 Å². The van der Waals surface area contributed by atoms with Gasteiger partial charge < -0.3 is 15.4 Å². The Morgan fingerprint density at radius 3 is 2.65 bits per heavy atom. The number of anilines is 2. The van der Waals surface area contributed by atoms with Crippen molar-refractivity contribution in [2.24, 2.45) is 0 Å². The van der Waals surface area contributed by atoms with Gasteiger partial charge in [-0.15, -0.1) is 0 Å². The number of nitrogens with two attached hydrogens (primary N) is 1. The van der Waals surface area contributed by atoms with Crippen molar-refractivity contribution in [3.8, 4) is 11.6 Å². The fourth-order valence-corrected chi connectivity index (χ4v) is 2.14. The minimum atomic E-state index is 0.367. The second kappa shape index (κ2) is 6.48. The van der Waals surface area contributed by atoms with Crippen molar-refractivity contribution in [2.45, 2.75) is 13.8 Å². The largest absolute Gasteiger partial charge is 0.437 e. The van der Waals surface area contributed by atoms with Gasteiger partial charge in [-0.25, -0.2) is 4.98 Å². The average Bonchev–Trinajstić information content (AvgIpc) is 2.44. The molecule has 0 saturated carbocycles. The lowest BCUT2D eigenvalue weighted by Crippen LogP contribution is -2.21. The predicted octanol–water partition coefficient (Wildman–Crippen LogP) is 3.96. The molecular weight excluding hydrogens is 274 g/mol. The first-order valence-electron chi connectivity index (χ1n) is 6.58. The van der Waals surface area contributed by atoms with E-state index in [2.05, 4.69) is 29.8 Å². The molecule has 1 aromatic carbocycles. The number of rotatable bonds is 5. The van der Waals surface area contributed by atoms with Gasteiger partial charge in [0.05, 0.1) is 10.7 Å². The number of halogens is 1. The van der Waals surface area contributed by atoms with Crippen LogP contribution in [0.25, 0.3) is 0 Å². The lowest BCUT2D eigenvalue weighted by Gasteiger charge is -2.21. The molecule has 0 saturated heterocycles. The average molecular weight is 292 g/mol. The van der Waals surface area contributed by atoms with Crippen molar-refractivity contribution < 1.29 is 4.74 Å². The van der Waals surface area contributed by atoms with Crippen LogP contribution in [0.3, 0.4) is 0 Å². The number of nitrogen functional groups attached to an aromatic ring is 1. The minimum Gasteiger partial charge on any atom is -0.437 e. The zero-order valence-corrected chi connectivity index (χ0v) is 12.4. The summed E-state index contributed by atoms with van der Waals surface area (Å²) in [5.74, 6) is 1.07. The van der Waals surface area contributed by atoms with E-state index in [1.54, 1.807) is 6.07 Å². The number of ether oxygens (including phenoxy) is 1. The van der Waals surface area contributed by atoms with E-state index >= 15 is 0 Å². The molecule has 2 N–H and O–H groups in total. The maximum Gasteiger partial charge on any atom is 0.242 e. The molecule has 0 aliphatic carbocycles. The van der Waals surface area contributed by atoms with Crippen molar-refractivity contribution in [1.82, 2.24) is 4.98 Å². The van der Waals surface area contributed by atoms with Crippen molar-refractivity contribution in [2.75, 3.05) is 23.7 Å². The fourth-order valence-electron chi connectivity index (χ4n) is 1.97. The molecule has 0 atom stereocenters. The Morgan fingerprint density at radius 2 is 2.00 bits per heavy atom. The van der Waals surface area contributed by atoms with Crippen LogP contribution >= 0.6 is 11.6 Å². The van der Waals surface area contributed by atoms with Crippen LogP contribution in [0.4, 0.5) is 11.4 Å². The molecule has 106 valence electrons. The Labute approximate surface area is 124 Å². The topological polar surface area (TPSA) is 51.4 Å². The van der Waals surface area contributed by atoms with E-state index in [1.165, 1.54) is 6.20 Å². The van der Waals surface area contributed by atoms with E-state index in [0.717, 1.165) is 18.8 Å². The van der Waals surface area contributed by atoms with Gasteiger partial charge in [-0.05, 0) is 32.0 Å². The highest BCUT2D eigenvalue weighted by atomic mass is 35.5. The molecule has 1 heterocycles. The molecule has 5 heteroatoms. The Morgan fingerprint density at radius 1 is 1.25 bits per heavy atom. The second-order valence-electron chi connectivity index (χ2n) is 4.32. The van der Waals surface area contributed by atoms with Crippen LogP contribution in [0.1, 0.15) is 13.8 Å². The molecule has 0 unspecified atom stereocenters. The summed E-state index contributed by atoms with van der Waals surface area (Å²) in [7, 11) is 0. The Balaban J connectivity index is 2.23. The summed E-state index contributed by atoms with van der Waals surface area (Å²) in [5.41, 5.74) is 7.37. The van der Waals surface area contributed by atoms with E-state index in [-0.39, 0.29) is 0 Å². The van der Waals surface area contributed by atoms with Gasteiger partial charge in [0.2, 0.25) is 5.88 Å². The summed E-state index contributed by atoms with van der Waals surface area (Å²) in [6, 6.07) is 9.48. The van der Waals surface area contributed by atoms with Gasteiger partial charge in [0.25, 0.3) is 0 Å². The molecule has 0 amide bonds. The standard InChI is InChI=1S/C15H18ClN3O/c1-3-19(4-2)12-6-5-7-13(9-12)20-15-14(17)8-11(16)10-18-15/h5-10H,3-4,17H2,1-2H3. The molecule has 0 radical (unpaired) electrons. The minimum absolute atomic E-state index is 0.367. The summed E-state index contributed by atoms with van der Waals surface area (Å²) in [6.45, 7) is 6.13. The zero-order valence-electron chi connectivity index (χ0n) is 11.6. The third kappa shape index (κ3) is 3.33. The summed E-state index contributed by atoms with van der Waals surface area (Å²) >= 11 is 5.82. The molecule has 0 aliphatic heterocycles. The number of pyridine rings is 1. The van der Waals surface area contributed by atoms with Crippen LogP contribution in [0.5, 0.6) is 11.6 Å². The maximum atomic E-state index is 5.84. The van der Waals surface area contributed by atoms with Crippen LogP contribution < -0.4 is 15.4 Å². The van der Waals surface area contributed by atoms with E-state index in [9.17, 15) is 0 Å². The number of hydrogen-bond acceptors (Lipinski definition) is 4. The second-order valence-corrected chi connectivity index (χ2v) is 4.76. The third-order valence-corrected chi connectivity index (χ3v) is 3.21. The molecule has 1 aromatic heterocycles. The van der Waals surface area contributed by atoms with Crippen molar-refractivity contribution in [3.05, 3.63) is 41.6 Å². The van der Waals surface area contributed by atoms with Crippen molar-refractivity contribution in [3.63, 3.8) is 0 Å². The Bertz CT molecular complexity index is 585. The summed E-state index contributed by atoms with van der Waals surface area (Å²) < 4.78 is 5.72. The smallest absolute Gasteiger partial charge is 0.242 e. The van der Waals surface area contributed by atoms with Gasteiger partial charge in [0, 0.05) is 31.0 Å². The number of hydrogen-bond donors (Lipinski definition) is 1. The normalized spacial score (nSPS) is 10.3. The monoisotopic (exact) mass is 291 g/mol. The molecule has 20 heavy (non-hydrogen) atoms. The predicted molar refractivity (Wildman–Crippen MR) is 83.7 cm³/mol. The number of nitrogens with zero attached hydrogens (tertiary/aromatic N) is 2. The first kappa shape index (κ1) is 14.5. The lowest BCUT2D eigenvalue weighted by molar-refractivity contribution is 0.465. The molecule has 2 rings (SSSR count). The third-order valence-electron chi connectivity index (χ3n) is 3.01. The molecule has 0 spiro atoms. The van der Waals surface area contributed by atoms with Gasteiger partial charge >= 0.3 is 0 Å². The van der Waals surface area contributed by atoms with Crippen LogP contribution in [-0.2, 0) is 0 Å². The van der Waals surface area contributed by atoms with Crippen LogP contribution in [0.15, 0.2) is 36.5 Å². The number of benzene rings is 1. The first-order valence-corrected chi connectivity index (χ1v) is 6.95. The summed E-state index contributed by atoms with van der Waals surface area (Å²) in [5, 5.41) is 0.492. The highest BCUT2D eigenvalue weighted by molar-refractivity contribution is 6.30. The molecular formula is C15H18ClN3O. The lowest BCUT2D eigenvalue weighted by atomic mass is 10.2. The molecule has 0 aliphatic rings. The number of aromatic nitrogens is 1. The van der Waals surface area contributed by atoms with Gasteiger partial charge in [0.15, 0.2) is 0 Å². The van der Waals surface area contributed by atoms with Gasteiger partial charge in [-0.1, -0.05) is 17.7 Å².